The van der Waals surface area contributed by atoms with Crippen molar-refractivity contribution in [3.8, 4) is 11.5 Å². The molecule has 3 aromatic carbocycles. The van der Waals surface area contributed by atoms with E-state index < -0.39 is 17.7 Å². The summed E-state index contributed by atoms with van der Waals surface area (Å²) in [6.07, 6.45) is 0. The SMILES string of the molecule is CN(C)c1ccc(C2/C(=C(/O)c3ccc4c(c3)OCO4)C(=O)C(=O)N2c2ccc(C(C)(C)C)cc2)cc1. The van der Waals surface area contributed by atoms with Crippen LogP contribution in [0, 0.1) is 0 Å². The van der Waals surface area contributed by atoms with E-state index in [1.165, 1.54) is 4.90 Å². The van der Waals surface area contributed by atoms with Crippen molar-refractivity contribution in [1.29, 1.82) is 0 Å². The van der Waals surface area contributed by atoms with Crippen LogP contribution in [-0.2, 0) is 15.0 Å². The van der Waals surface area contributed by atoms with Crippen LogP contribution in [0.2, 0.25) is 0 Å². The second-order valence-electron chi connectivity index (χ2n) is 10.5. The second-order valence-corrected chi connectivity index (χ2v) is 10.5. The molecule has 2 aliphatic heterocycles. The minimum atomic E-state index is -0.804. The van der Waals surface area contributed by atoms with Crippen LogP contribution in [0.1, 0.15) is 43.5 Å². The van der Waals surface area contributed by atoms with Gasteiger partial charge in [-0.15, -0.1) is 0 Å². The molecule has 0 saturated carbocycles. The molecule has 1 amide bonds. The predicted molar refractivity (Wildman–Crippen MR) is 143 cm³/mol. The molecule has 1 saturated heterocycles. The van der Waals surface area contributed by atoms with E-state index in [2.05, 4.69) is 20.8 Å². The van der Waals surface area contributed by atoms with Gasteiger partial charge in [0.2, 0.25) is 6.79 Å². The van der Waals surface area contributed by atoms with Crippen molar-refractivity contribution in [3.63, 3.8) is 0 Å². The van der Waals surface area contributed by atoms with Crippen LogP contribution in [0.25, 0.3) is 5.76 Å². The Balaban J connectivity index is 1.66. The molecule has 2 heterocycles. The third-order valence-corrected chi connectivity index (χ3v) is 6.83. The highest BCUT2D eigenvalue weighted by molar-refractivity contribution is 6.51. The standard InChI is InChI=1S/C30H30N2O5/c1-30(2,3)20-9-13-22(14-10-20)32-26(18-6-11-21(12-7-18)31(4)5)25(28(34)29(32)35)27(33)19-8-15-23-24(16-19)37-17-36-23/h6-16,26,33H,17H2,1-5H3/b27-25-. The summed E-state index contributed by atoms with van der Waals surface area (Å²) in [7, 11) is 3.88. The van der Waals surface area contributed by atoms with Crippen LogP contribution in [0.4, 0.5) is 11.4 Å². The molecule has 0 aliphatic carbocycles. The molecule has 0 radical (unpaired) electrons. The lowest BCUT2D eigenvalue weighted by Crippen LogP contribution is -2.29. The molecule has 37 heavy (non-hydrogen) atoms. The zero-order valence-corrected chi connectivity index (χ0v) is 21.6. The third-order valence-electron chi connectivity index (χ3n) is 6.83. The average Bonchev–Trinajstić information content (AvgIpc) is 3.45. The Bertz CT molecular complexity index is 1400. The summed E-state index contributed by atoms with van der Waals surface area (Å²) in [5.74, 6) is -0.647. The van der Waals surface area contributed by atoms with E-state index in [9.17, 15) is 14.7 Å². The van der Waals surface area contributed by atoms with E-state index in [-0.39, 0.29) is 23.5 Å². The molecule has 0 aromatic heterocycles. The first-order valence-corrected chi connectivity index (χ1v) is 12.1. The van der Waals surface area contributed by atoms with Crippen molar-refractivity contribution >= 4 is 28.8 Å². The van der Waals surface area contributed by atoms with Gasteiger partial charge in [0.1, 0.15) is 5.76 Å². The zero-order valence-electron chi connectivity index (χ0n) is 21.6. The number of ketones is 1. The topological polar surface area (TPSA) is 79.3 Å². The highest BCUT2D eigenvalue weighted by Crippen LogP contribution is 2.44. The van der Waals surface area contributed by atoms with Crippen molar-refractivity contribution in [1.82, 2.24) is 0 Å². The number of hydrogen-bond acceptors (Lipinski definition) is 6. The van der Waals surface area contributed by atoms with Crippen molar-refractivity contribution in [2.45, 2.75) is 32.2 Å². The van der Waals surface area contributed by atoms with E-state index in [0.717, 1.165) is 11.3 Å². The van der Waals surface area contributed by atoms with Gasteiger partial charge in [-0.05, 0) is 59.0 Å². The highest BCUT2D eigenvalue weighted by Gasteiger charge is 2.47. The average molecular weight is 499 g/mol. The van der Waals surface area contributed by atoms with Gasteiger partial charge in [0, 0.05) is 31.0 Å². The van der Waals surface area contributed by atoms with E-state index in [1.54, 1.807) is 18.2 Å². The quantitative estimate of drug-likeness (QED) is 0.295. The number of carbonyl (C=O) groups is 2. The largest absolute Gasteiger partial charge is 0.507 e. The Morgan fingerprint density at radius 2 is 1.57 bits per heavy atom. The number of benzene rings is 3. The van der Waals surface area contributed by atoms with E-state index in [1.807, 2.05) is 67.5 Å². The van der Waals surface area contributed by atoms with Gasteiger partial charge in [0.25, 0.3) is 11.7 Å². The minimum absolute atomic E-state index is 0.0290. The van der Waals surface area contributed by atoms with Crippen molar-refractivity contribution < 1.29 is 24.2 Å². The Hall–Kier alpha value is -4.26. The summed E-state index contributed by atoms with van der Waals surface area (Å²) in [6, 6.07) is 19.4. The molecule has 1 fully saturated rings. The number of hydrogen-bond donors (Lipinski definition) is 1. The maximum absolute atomic E-state index is 13.5. The number of carbonyl (C=O) groups excluding carboxylic acids is 2. The maximum atomic E-state index is 13.5. The molecular formula is C30H30N2O5. The first-order chi connectivity index (χ1) is 17.6. The number of amides is 1. The molecule has 3 aromatic rings. The van der Waals surface area contributed by atoms with Gasteiger partial charge in [-0.25, -0.2) is 0 Å². The van der Waals surface area contributed by atoms with Crippen LogP contribution < -0.4 is 19.3 Å². The summed E-state index contributed by atoms with van der Waals surface area (Å²) in [5.41, 5.74) is 3.73. The van der Waals surface area contributed by atoms with E-state index in [4.69, 9.17) is 9.47 Å². The van der Waals surface area contributed by atoms with Crippen LogP contribution in [0.15, 0.2) is 72.3 Å². The third kappa shape index (κ3) is 4.31. The summed E-state index contributed by atoms with van der Waals surface area (Å²) < 4.78 is 10.8. The van der Waals surface area contributed by atoms with Gasteiger partial charge in [-0.3, -0.25) is 14.5 Å². The Kier molecular flexibility index (Phi) is 5.94. The van der Waals surface area contributed by atoms with E-state index >= 15 is 0 Å². The Labute approximate surface area is 216 Å². The lowest BCUT2D eigenvalue weighted by molar-refractivity contribution is -0.132. The molecule has 1 atom stereocenters. The zero-order chi connectivity index (χ0) is 26.5. The smallest absolute Gasteiger partial charge is 0.300 e. The molecule has 7 heteroatoms. The first-order valence-electron chi connectivity index (χ1n) is 12.1. The van der Waals surface area contributed by atoms with Gasteiger partial charge in [0.05, 0.1) is 11.6 Å². The number of Topliss-reactive ketones (excluding diaryl/α,β-unsaturated/α-hetero) is 1. The summed E-state index contributed by atoms with van der Waals surface area (Å²) in [6.45, 7) is 6.44. The number of nitrogens with zero attached hydrogens (tertiary/aromatic N) is 2. The molecular weight excluding hydrogens is 468 g/mol. The predicted octanol–water partition coefficient (Wildman–Crippen LogP) is 5.41. The fraction of sp³-hybridized carbons (Fsp3) is 0.267. The van der Waals surface area contributed by atoms with Gasteiger partial charge in [-0.1, -0.05) is 45.0 Å². The minimum Gasteiger partial charge on any atom is -0.507 e. The first kappa shape index (κ1) is 24.4. The molecule has 7 nitrogen and oxygen atoms in total. The molecule has 0 spiro atoms. The van der Waals surface area contributed by atoms with Crippen LogP contribution in [0.3, 0.4) is 0 Å². The number of aliphatic hydroxyl groups excluding tert-OH is 1. The van der Waals surface area contributed by atoms with Gasteiger partial charge >= 0.3 is 0 Å². The maximum Gasteiger partial charge on any atom is 0.300 e. The molecule has 5 rings (SSSR count). The summed E-state index contributed by atoms with van der Waals surface area (Å²) in [4.78, 5) is 30.3. The Morgan fingerprint density at radius 1 is 0.919 bits per heavy atom. The van der Waals surface area contributed by atoms with Gasteiger partial charge in [0.15, 0.2) is 11.5 Å². The molecule has 0 bridgehead atoms. The van der Waals surface area contributed by atoms with Crippen LogP contribution in [0.5, 0.6) is 11.5 Å². The monoisotopic (exact) mass is 498 g/mol. The highest BCUT2D eigenvalue weighted by atomic mass is 16.7. The lowest BCUT2D eigenvalue weighted by Gasteiger charge is -2.27. The molecule has 190 valence electrons. The second kappa shape index (κ2) is 9.00. The fourth-order valence-electron chi connectivity index (χ4n) is 4.69. The Morgan fingerprint density at radius 3 is 2.19 bits per heavy atom. The lowest BCUT2D eigenvalue weighted by atomic mass is 9.87. The number of rotatable bonds is 4. The fourth-order valence-corrected chi connectivity index (χ4v) is 4.69. The summed E-state index contributed by atoms with van der Waals surface area (Å²) >= 11 is 0. The van der Waals surface area contributed by atoms with Crippen molar-refractivity contribution in [2.24, 2.45) is 0 Å². The summed E-state index contributed by atoms with van der Waals surface area (Å²) in [5, 5.41) is 11.4. The number of anilines is 2. The van der Waals surface area contributed by atoms with Gasteiger partial charge in [-0.2, -0.15) is 0 Å². The normalized spacial score (nSPS) is 18.4. The van der Waals surface area contributed by atoms with E-state index in [0.29, 0.717) is 28.3 Å². The molecule has 1 unspecified atom stereocenters. The molecule has 2 aliphatic rings. The van der Waals surface area contributed by atoms with Crippen LogP contribution in [-0.4, -0.2) is 37.7 Å². The van der Waals surface area contributed by atoms with Gasteiger partial charge < -0.3 is 19.5 Å². The van der Waals surface area contributed by atoms with Crippen molar-refractivity contribution in [3.05, 3.63) is 89.0 Å². The number of aliphatic hydroxyl groups is 1. The number of ether oxygens (including phenoxy) is 2. The van der Waals surface area contributed by atoms with Crippen LogP contribution >= 0.6 is 0 Å². The van der Waals surface area contributed by atoms with Crippen molar-refractivity contribution in [2.75, 3.05) is 30.7 Å². The molecule has 1 N–H and O–H groups in total. The number of fused-ring (bicyclic) bond motifs is 1.